The molecule has 2 bridgehead atoms. The summed E-state index contributed by atoms with van der Waals surface area (Å²) in [6, 6.07) is 0.481. The number of nitrogens with two attached hydrogens (primary N) is 1. The first-order valence-corrected chi connectivity index (χ1v) is 7.19. The van der Waals surface area contributed by atoms with Gasteiger partial charge in [-0.2, -0.15) is 5.10 Å². The molecule has 1 saturated heterocycles. The molecule has 1 aliphatic heterocycles. The lowest BCUT2D eigenvalue weighted by molar-refractivity contribution is 0.144. The number of fused-ring (bicyclic) bond motifs is 2. The molecule has 1 aliphatic carbocycles. The highest BCUT2D eigenvalue weighted by molar-refractivity contribution is 4.99. The Kier molecular flexibility index (Phi) is 3.39. The van der Waals surface area contributed by atoms with E-state index in [-0.39, 0.29) is 0 Å². The van der Waals surface area contributed by atoms with Gasteiger partial charge in [-0.05, 0) is 50.1 Å². The number of aryl methyl sites for hydroxylation is 2. The predicted molar refractivity (Wildman–Crippen MR) is 72.2 cm³/mol. The van der Waals surface area contributed by atoms with Crippen LogP contribution in [0.5, 0.6) is 0 Å². The minimum atomic E-state index is 0.481. The van der Waals surface area contributed by atoms with Crippen LogP contribution in [0.3, 0.4) is 0 Å². The van der Waals surface area contributed by atoms with Gasteiger partial charge >= 0.3 is 0 Å². The lowest BCUT2D eigenvalue weighted by Gasteiger charge is -2.36. The maximum atomic E-state index is 6.23. The Morgan fingerprint density at radius 3 is 2.61 bits per heavy atom. The van der Waals surface area contributed by atoms with E-state index >= 15 is 0 Å². The van der Waals surface area contributed by atoms with Crippen molar-refractivity contribution in [3.8, 4) is 0 Å². The Hall–Kier alpha value is -0.870. The molecule has 1 saturated carbocycles. The zero-order valence-electron chi connectivity index (χ0n) is 11.3. The molecule has 0 radical (unpaired) electrons. The largest absolute Gasteiger partial charge is 0.327 e. The molecular weight excluding hydrogens is 224 g/mol. The maximum absolute atomic E-state index is 6.23. The smallest absolute Gasteiger partial charge is 0.0518 e. The van der Waals surface area contributed by atoms with E-state index in [1.54, 1.807) is 0 Å². The maximum Gasteiger partial charge on any atom is 0.0518 e. The normalized spacial score (nSPS) is 32.0. The van der Waals surface area contributed by atoms with Gasteiger partial charge in [0.2, 0.25) is 0 Å². The lowest BCUT2D eigenvalue weighted by Crippen LogP contribution is -2.48. The summed E-state index contributed by atoms with van der Waals surface area (Å²) >= 11 is 0. The zero-order chi connectivity index (χ0) is 12.5. The van der Waals surface area contributed by atoms with Crippen LogP contribution in [0.25, 0.3) is 0 Å². The molecule has 0 aromatic carbocycles. The van der Waals surface area contributed by atoms with Gasteiger partial charge in [0.25, 0.3) is 0 Å². The van der Waals surface area contributed by atoms with Crippen LogP contribution in [0.4, 0.5) is 0 Å². The summed E-state index contributed by atoms with van der Waals surface area (Å²) in [6.07, 6.45) is 7.94. The second-order valence-electron chi connectivity index (χ2n) is 6.07. The predicted octanol–water partition coefficient (Wildman–Crippen LogP) is 1.25. The summed E-state index contributed by atoms with van der Waals surface area (Å²) in [5.41, 5.74) is 7.48. The monoisotopic (exact) mass is 248 g/mol. The van der Waals surface area contributed by atoms with E-state index < -0.39 is 0 Å². The van der Waals surface area contributed by atoms with Crippen LogP contribution in [0.2, 0.25) is 0 Å². The van der Waals surface area contributed by atoms with Gasteiger partial charge in [0.05, 0.1) is 6.20 Å². The minimum absolute atomic E-state index is 0.481. The molecule has 18 heavy (non-hydrogen) atoms. The highest BCUT2D eigenvalue weighted by atomic mass is 15.3. The van der Waals surface area contributed by atoms with E-state index in [0.717, 1.165) is 18.4 Å². The van der Waals surface area contributed by atoms with Crippen LogP contribution >= 0.6 is 0 Å². The molecule has 1 aromatic rings. The Balaban J connectivity index is 1.44. The fraction of sp³-hybridized carbons (Fsp3) is 0.786. The second kappa shape index (κ2) is 5.02. The van der Waals surface area contributed by atoms with E-state index in [9.17, 15) is 0 Å². The molecule has 2 heterocycles. The summed E-state index contributed by atoms with van der Waals surface area (Å²) in [5, 5.41) is 4.33. The number of likely N-dealkylation sites (tertiary alicyclic amines) is 1. The molecule has 0 amide bonds. The molecule has 1 unspecified atom stereocenters. The van der Waals surface area contributed by atoms with Crippen molar-refractivity contribution in [3.05, 3.63) is 18.0 Å². The van der Waals surface area contributed by atoms with Gasteiger partial charge in [0, 0.05) is 31.9 Å². The molecule has 100 valence electrons. The number of piperidine rings is 1. The molecule has 0 spiro atoms. The summed E-state index contributed by atoms with van der Waals surface area (Å²) in [7, 11) is 0. The van der Waals surface area contributed by atoms with Crippen molar-refractivity contribution in [2.24, 2.45) is 17.6 Å². The van der Waals surface area contributed by atoms with Crippen LogP contribution in [0.15, 0.2) is 12.4 Å². The quantitative estimate of drug-likeness (QED) is 0.872. The number of hydrogen-bond donors (Lipinski definition) is 1. The van der Waals surface area contributed by atoms with E-state index in [1.807, 2.05) is 6.20 Å². The summed E-state index contributed by atoms with van der Waals surface area (Å²) < 4.78 is 2.06. The van der Waals surface area contributed by atoms with Crippen molar-refractivity contribution in [3.63, 3.8) is 0 Å². The fourth-order valence-electron chi connectivity index (χ4n) is 3.59. The number of hydrogen-bond acceptors (Lipinski definition) is 3. The third-order valence-electron chi connectivity index (χ3n) is 4.61. The Bertz CT molecular complexity index is 386. The molecule has 4 nitrogen and oxygen atoms in total. The third kappa shape index (κ3) is 2.45. The van der Waals surface area contributed by atoms with Gasteiger partial charge in [-0.15, -0.1) is 0 Å². The first-order chi connectivity index (χ1) is 8.72. The SMILES string of the molecule is Cc1cnn(CCCN2C[C@H]3CC[C@@H](C2)C3N)c1. The van der Waals surface area contributed by atoms with Crippen LogP contribution < -0.4 is 5.73 Å². The second-order valence-corrected chi connectivity index (χ2v) is 6.07. The molecular formula is C14H24N4. The average molecular weight is 248 g/mol. The van der Waals surface area contributed by atoms with Gasteiger partial charge in [0.15, 0.2) is 0 Å². The van der Waals surface area contributed by atoms with Gasteiger partial charge in [0.1, 0.15) is 0 Å². The molecule has 3 atom stereocenters. The Morgan fingerprint density at radius 1 is 1.28 bits per heavy atom. The topological polar surface area (TPSA) is 47.1 Å². The van der Waals surface area contributed by atoms with Gasteiger partial charge in [-0.25, -0.2) is 0 Å². The summed E-state index contributed by atoms with van der Waals surface area (Å²) in [6.45, 7) is 6.75. The molecule has 1 aromatic heterocycles. The highest BCUT2D eigenvalue weighted by Crippen LogP contribution is 2.35. The molecule has 3 rings (SSSR count). The first-order valence-electron chi connectivity index (χ1n) is 7.19. The van der Waals surface area contributed by atoms with Crippen LogP contribution in [-0.4, -0.2) is 40.4 Å². The molecule has 2 N–H and O–H groups in total. The molecule has 2 aliphatic rings. The van der Waals surface area contributed by atoms with Crippen LogP contribution in [-0.2, 0) is 6.54 Å². The van der Waals surface area contributed by atoms with Crippen molar-refractivity contribution in [1.29, 1.82) is 0 Å². The van der Waals surface area contributed by atoms with Crippen LogP contribution in [0.1, 0.15) is 24.8 Å². The standard InChI is InChI=1S/C14H24N4/c1-11-7-16-18(8-11)6-2-5-17-9-12-3-4-13(10-17)14(12)15/h7-8,12-14H,2-6,9-10,15H2,1H3/t12-,13+,14?. The van der Waals surface area contributed by atoms with E-state index in [2.05, 4.69) is 27.8 Å². The number of nitrogens with zero attached hydrogens (tertiary/aromatic N) is 3. The zero-order valence-corrected chi connectivity index (χ0v) is 11.3. The first kappa shape index (κ1) is 12.2. The highest BCUT2D eigenvalue weighted by Gasteiger charge is 2.39. The fourth-order valence-corrected chi connectivity index (χ4v) is 3.59. The van der Waals surface area contributed by atoms with Crippen molar-refractivity contribution < 1.29 is 0 Å². The average Bonchev–Trinajstić information content (AvgIpc) is 2.82. The number of rotatable bonds is 4. The Labute approximate surface area is 109 Å². The Morgan fingerprint density at radius 2 is 2.00 bits per heavy atom. The van der Waals surface area contributed by atoms with Crippen molar-refractivity contribution >= 4 is 0 Å². The lowest BCUT2D eigenvalue weighted by atomic mass is 9.93. The van der Waals surface area contributed by atoms with E-state index in [0.29, 0.717) is 6.04 Å². The van der Waals surface area contributed by atoms with Crippen LogP contribution in [0, 0.1) is 18.8 Å². The van der Waals surface area contributed by atoms with Crippen molar-refractivity contribution in [2.45, 2.75) is 38.8 Å². The van der Waals surface area contributed by atoms with Gasteiger partial charge < -0.3 is 10.6 Å². The van der Waals surface area contributed by atoms with Crippen molar-refractivity contribution in [2.75, 3.05) is 19.6 Å². The minimum Gasteiger partial charge on any atom is -0.327 e. The van der Waals surface area contributed by atoms with E-state index in [4.69, 9.17) is 5.73 Å². The third-order valence-corrected chi connectivity index (χ3v) is 4.61. The van der Waals surface area contributed by atoms with E-state index in [1.165, 1.54) is 44.5 Å². The van der Waals surface area contributed by atoms with Gasteiger partial charge in [-0.1, -0.05) is 0 Å². The number of aromatic nitrogens is 2. The summed E-state index contributed by atoms with van der Waals surface area (Å²) in [4.78, 5) is 2.61. The summed E-state index contributed by atoms with van der Waals surface area (Å²) in [5.74, 6) is 1.52. The van der Waals surface area contributed by atoms with Gasteiger partial charge in [-0.3, -0.25) is 4.68 Å². The van der Waals surface area contributed by atoms with Crippen molar-refractivity contribution in [1.82, 2.24) is 14.7 Å². The molecule has 2 fully saturated rings. The molecule has 4 heteroatoms.